The second-order valence-electron chi connectivity index (χ2n) is 4.18. The van der Waals surface area contributed by atoms with Gasteiger partial charge >= 0.3 is 13.6 Å². The summed E-state index contributed by atoms with van der Waals surface area (Å²) in [5, 5.41) is 0. The third-order valence-corrected chi connectivity index (χ3v) is 3.77. The molecule has 0 amide bonds. The van der Waals surface area contributed by atoms with Crippen LogP contribution >= 0.6 is 7.60 Å². The summed E-state index contributed by atoms with van der Waals surface area (Å²) in [5.74, 6) is -0.734. The predicted molar refractivity (Wildman–Crippen MR) is 66.3 cm³/mol. The molecule has 0 heterocycles. The molecule has 0 N–H and O–H groups in total. The Bertz CT molecular complexity index is 322. The van der Waals surface area contributed by atoms with Gasteiger partial charge in [-0.3, -0.25) is 14.2 Å². The highest BCUT2D eigenvalue weighted by atomic mass is 31.2. The number of carbonyl (C=O) groups is 2. The Balaban J connectivity index is 4.80. The van der Waals surface area contributed by atoms with Crippen LogP contribution in [-0.4, -0.2) is 30.3 Å². The standard InChI is InChI=1S/C11H21O6P/c1-6-15-10(12)7-11(13)18(14,16-8(2)3)17-9(4)5/h8-9H,6-7H2,1-5H3. The zero-order valence-electron chi connectivity index (χ0n) is 11.5. The lowest BCUT2D eigenvalue weighted by Gasteiger charge is -2.21. The van der Waals surface area contributed by atoms with Crippen LogP contribution in [0.4, 0.5) is 0 Å². The van der Waals surface area contributed by atoms with Crippen molar-refractivity contribution in [1.82, 2.24) is 0 Å². The predicted octanol–water partition coefficient (Wildman–Crippen LogP) is 2.51. The number of hydrogen-bond acceptors (Lipinski definition) is 6. The van der Waals surface area contributed by atoms with Gasteiger partial charge in [-0.1, -0.05) is 0 Å². The fourth-order valence-corrected chi connectivity index (χ4v) is 2.85. The monoisotopic (exact) mass is 280 g/mol. The minimum atomic E-state index is -3.94. The van der Waals surface area contributed by atoms with Crippen LogP contribution in [0.1, 0.15) is 41.0 Å². The molecule has 0 aliphatic rings. The summed E-state index contributed by atoms with van der Waals surface area (Å²) in [4.78, 5) is 23.0. The zero-order chi connectivity index (χ0) is 14.3. The number of hydrogen-bond donors (Lipinski definition) is 0. The number of carbonyl (C=O) groups excluding carboxylic acids is 2. The van der Waals surface area contributed by atoms with E-state index >= 15 is 0 Å². The SMILES string of the molecule is CCOC(=O)CC(=O)P(=O)(OC(C)C)OC(C)C. The molecule has 0 fully saturated rings. The van der Waals surface area contributed by atoms with Crippen LogP contribution in [0, 0.1) is 0 Å². The van der Waals surface area contributed by atoms with E-state index in [1.807, 2.05) is 0 Å². The van der Waals surface area contributed by atoms with E-state index in [0.717, 1.165) is 0 Å². The molecule has 0 radical (unpaired) electrons. The Kier molecular flexibility index (Phi) is 7.36. The second kappa shape index (κ2) is 7.67. The Morgan fingerprint density at radius 3 is 1.83 bits per heavy atom. The number of ether oxygens (including phenoxy) is 1. The molecule has 0 aromatic rings. The molecule has 0 aliphatic carbocycles. The first-order chi connectivity index (χ1) is 8.21. The molecule has 106 valence electrons. The maximum absolute atomic E-state index is 12.3. The Morgan fingerprint density at radius 1 is 1.06 bits per heavy atom. The molecule has 0 saturated heterocycles. The molecule has 7 heteroatoms. The first-order valence-corrected chi connectivity index (χ1v) is 7.41. The molecule has 0 saturated carbocycles. The largest absolute Gasteiger partial charge is 0.466 e. The van der Waals surface area contributed by atoms with Crippen molar-refractivity contribution < 1.29 is 27.9 Å². The van der Waals surface area contributed by atoms with E-state index in [-0.39, 0.29) is 6.61 Å². The van der Waals surface area contributed by atoms with Crippen molar-refractivity contribution in [2.45, 2.75) is 53.2 Å². The molecular weight excluding hydrogens is 259 g/mol. The molecule has 0 aliphatic heterocycles. The second-order valence-corrected chi connectivity index (χ2v) is 6.10. The van der Waals surface area contributed by atoms with Crippen LogP contribution in [0.5, 0.6) is 0 Å². The van der Waals surface area contributed by atoms with Gasteiger partial charge in [0.05, 0.1) is 18.8 Å². The van der Waals surface area contributed by atoms with Crippen LogP contribution in [0.3, 0.4) is 0 Å². The maximum Gasteiger partial charge on any atom is 0.397 e. The third-order valence-electron chi connectivity index (χ3n) is 1.61. The van der Waals surface area contributed by atoms with E-state index < -0.39 is 37.7 Å². The minimum absolute atomic E-state index is 0.159. The van der Waals surface area contributed by atoms with Crippen LogP contribution in [-0.2, 0) is 27.9 Å². The van der Waals surface area contributed by atoms with Gasteiger partial charge in [-0.15, -0.1) is 0 Å². The lowest BCUT2D eigenvalue weighted by atomic mass is 10.5. The van der Waals surface area contributed by atoms with Crippen molar-refractivity contribution in [2.75, 3.05) is 6.61 Å². The molecule has 0 aromatic heterocycles. The van der Waals surface area contributed by atoms with E-state index in [1.54, 1.807) is 34.6 Å². The van der Waals surface area contributed by atoms with Crippen LogP contribution < -0.4 is 0 Å². The van der Waals surface area contributed by atoms with Gasteiger partial charge in [0.25, 0.3) is 5.52 Å². The zero-order valence-corrected chi connectivity index (χ0v) is 12.4. The highest BCUT2D eigenvalue weighted by Crippen LogP contribution is 2.52. The molecule has 0 atom stereocenters. The third kappa shape index (κ3) is 6.28. The van der Waals surface area contributed by atoms with Gasteiger partial charge in [-0.2, -0.15) is 0 Å². The van der Waals surface area contributed by atoms with Crippen molar-refractivity contribution in [2.24, 2.45) is 0 Å². The van der Waals surface area contributed by atoms with Crippen molar-refractivity contribution in [3.63, 3.8) is 0 Å². The first-order valence-electron chi connectivity index (χ1n) is 5.87. The van der Waals surface area contributed by atoms with Gasteiger partial charge in [0.15, 0.2) is 0 Å². The van der Waals surface area contributed by atoms with Crippen molar-refractivity contribution in [3.8, 4) is 0 Å². The van der Waals surface area contributed by atoms with Gasteiger partial charge in [-0.25, -0.2) is 0 Å². The summed E-state index contributed by atoms with van der Waals surface area (Å²) in [7, 11) is -3.94. The summed E-state index contributed by atoms with van der Waals surface area (Å²) in [6.45, 7) is 8.31. The van der Waals surface area contributed by atoms with Gasteiger partial charge in [-0.05, 0) is 34.6 Å². The number of esters is 1. The highest BCUT2D eigenvalue weighted by Gasteiger charge is 2.38. The lowest BCUT2D eigenvalue weighted by molar-refractivity contribution is -0.144. The van der Waals surface area contributed by atoms with Gasteiger partial charge in [0.2, 0.25) is 0 Å². The van der Waals surface area contributed by atoms with E-state index in [1.165, 1.54) is 0 Å². The molecule has 0 rings (SSSR count). The molecule has 6 nitrogen and oxygen atoms in total. The summed E-state index contributed by atoms with van der Waals surface area (Å²) in [5.41, 5.74) is -0.872. The van der Waals surface area contributed by atoms with E-state index in [2.05, 4.69) is 4.74 Å². The van der Waals surface area contributed by atoms with Gasteiger partial charge in [0.1, 0.15) is 6.42 Å². The molecular formula is C11H21O6P. The smallest absolute Gasteiger partial charge is 0.397 e. The molecule has 0 unspecified atom stereocenters. The molecule has 0 aromatic carbocycles. The molecule has 18 heavy (non-hydrogen) atoms. The Hall–Kier alpha value is -0.710. The first kappa shape index (κ1) is 17.3. The van der Waals surface area contributed by atoms with E-state index in [9.17, 15) is 14.2 Å². The Labute approximate surface area is 108 Å². The molecule has 0 spiro atoms. The molecule has 0 bridgehead atoms. The van der Waals surface area contributed by atoms with Gasteiger partial charge in [0, 0.05) is 0 Å². The van der Waals surface area contributed by atoms with Gasteiger partial charge < -0.3 is 13.8 Å². The topological polar surface area (TPSA) is 78.9 Å². The van der Waals surface area contributed by atoms with Crippen molar-refractivity contribution in [1.29, 1.82) is 0 Å². The van der Waals surface area contributed by atoms with Crippen molar-refractivity contribution in [3.05, 3.63) is 0 Å². The minimum Gasteiger partial charge on any atom is -0.466 e. The van der Waals surface area contributed by atoms with Crippen LogP contribution in [0.25, 0.3) is 0 Å². The summed E-state index contributed by atoms with van der Waals surface area (Å²) >= 11 is 0. The van der Waals surface area contributed by atoms with Crippen LogP contribution in [0.15, 0.2) is 0 Å². The Morgan fingerprint density at radius 2 is 1.50 bits per heavy atom. The lowest BCUT2D eigenvalue weighted by Crippen LogP contribution is -2.18. The fourth-order valence-electron chi connectivity index (χ4n) is 1.13. The summed E-state index contributed by atoms with van der Waals surface area (Å²) < 4.78 is 27.0. The normalized spacial score (nSPS) is 11.9. The average Bonchev–Trinajstić information content (AvgIpc) is 2.14. The summed E-state index contributed by atoms with van der Waals surface area (Å²) in [6, 6.07) is 0. The van der Waals surface area contributed by atoms with E-state index in [4.69, 9.17) is 9.05 Å². The highest BCUT2D eigenvalue weighted by molar-refractivity contribution is 7.71. The fraction of sp³-hybridized carbons (Fsp3) is 0.818. The maximum atomic E-state index is 12.3. The average molecular weight is 280 g/mol. The van der Waals surface area contributed by atoms with Crippen LogP contribution in [0.2, 0.25) is 0 Å². The van der Waals surface area contributed by atoms with E-state index in [0.29, 0.717) is 0 Å². The quantitative estimate of drug-likeness (QED) is 0.386. The number of rotatable bonds is 8. The summed E-state index contributed by atoms with van der Waals surface area (Å²) in [6.07, 6.45) is -1.49. The van der Waals surface area contributed by atoms with Crippen molar-refractivity contribution >= 4 is 19.1 Å².